The van der Waals surface area contributed by atoms with Crippen LogP contribution in [0.2, 0.25) is 5.02 Å². The molecule has 0 radical (unpaired) electrons. The van der Waals surface area contributed by atoms with Gasteiger partial charge in [-0.25, -0.2) is 8.42 Å². The highest BCUT2D eigenvalue weighted by atomic mass is 35.5. The van der Waals surface area contributed by atoms with Crippen LogP contribution >= 0.6 is 11.6 Å². The first kappa shape index (κ1) is 23.3. The van der Waals surface area contributed by atoms with Gasteiger partial charge in [-0.1, -0.05) is 60.1 Å². The van der Waals surface area contributed by atoms with Gasteiger partial charge in [0.15, 0.2) is 0 Å². The van der Waals surface area contributed by atoms with Crippen LogP contribution in [-0.2, 0) is 20.2 Å². The van der Waals surface area contributed by atoms with Crippen molar-refractivity contribution >= 4 is 33.2 Å². The molecule has 0 aliphatic carbocycles. The summed E-state index contributed by atoms with van der Waals surface area (Å²) in [6, 6.07) is 22.6. The number of anilines is 1. The van der Waals surface area contributed by atoms with Crippen LogP contribution < -0.4 is 10.0 Å². The fraction of sp³-hybridized carbons (Fsp3) is 0.240. The van der Waals surface area contributed by atoms with Gasteiger partial charge in [-0.2, -0.15) is 0 Å². The van der Waals surface area contributed by atoms with Gasteiger partial charge in [-0.05, 0) is 48.7 Å². The van der Waals surface area contributed by atoms with E-state index < -0.39 is 10.0 Å². The summed E-state index contributed by atoms with van der Waals surface area (Å²) in [6.07, 6.45) is 1.59. The molecule has 1 fully saturated rings. The van der Waals surface area contributed by atoms with Gasteiger partial charge in [-0.15, -0.1) is 0 Å². The van der Waals surface area contributed by atoms with Crippen LogP contribution in [0.4, 0.5) is 5.69 Å². The number of halogens is 1. The molecule has 3 aromatic carbocycles. The smallest absolute Gasteiger partial charge is 0.261 e. The van der Waals surface area contributed by atoms with Crippen molar-refractivity contribution in [3.63, 3.8) is 0 Å². The van der Waals surface area contributed by atoms with Gasteiger partial charge >= 0.3 is 0 Å². The van der Waals surface area contributed by atoms with E-state index in [9.17, 15) is 13.2 Å². The predicted molar refractivity (Wildman–Crippen MR) is 129 cm³/mol. The molecule has 1 heterocycles. The van der Waals surface area contributed by atoms with Crippen molar-refractivity contribution < 1.29 is 17.9 Å². The van der Waals surface area contributed by atoms with E-state index in [1.54, 1.807) is 18.2 Å². The second-order valence-corrected chi connectivity index (χ2v) is 10.1. The van der Waals surface area contributed by atoms with Crippen LogP contribution in [0.25, 0.3) is 0 Å². The highest BCUT2D eigenvalue weighted by Crippen LogP contribution is 2.34. The Balaban J connectivity index is 1.52. The van der Waals surface area contributed by atoms with Gasteiger partial charge in [0, 0.05) is 30.9 Å². The fourth-order valence-corrected chi connectivity index (χ4v) is 5.32. The minimum absolute atomic E-state index is 0.135. The van der Waals surface area contributed by atoms with Gasteiger partial charge in [0.1, 0.15) is 0 Å². The zero-order valence-electron chi connectivity index (χ0n) is 18.0. The van der Waals surface area contributed by atoms with Crippen LogP contribution in [0, 0.1) is 0 Å². The quantitative estimate of drug-likeness (QED) is 0.512. The van der Waals surface area contributed by atoms with Gasteiger partial charge in [0.05, 0.1) is 15.5 Å². The minimum Gasteiger partial charge on any atom is -0.381 e. The number of amides is 1. The lowest BCUT2D eigenvalue weighted by Gasteiger charge is -2.38. The normalized spacial score (nSPS) is 15.5. The molecule has 3 aromatic rings. The Labute approximate surface area is 199 Å². The number of hydrogen-bond donors (Lipinski definition) is 2. The van der Waals surface area contributed by atoms with Gasteiger partial charge in [0.2, 0.25) is 0 Å². The van der Waals surface area contributed by atoms with E-state index in [1.807, 2.05) is 18.2 Å². The average molecular weight is 485 g/mol. The fourth-order valence-electron chi connectivity index (χ4n) is 4.04. The SMILES string of the molecule is O=C(NCC1(c2ccccc2)CCOCC1)c1cc(NS(=O)(=O)c2ccccc2)ccc1Cl. The molecule has 4 rings (SSSR count). The molecule has 33 heavy (non-hydrogen) atoms. The molecule has 1 saturated heterocycles. The minimum atomic E-state index is -3.78. The first-order valence-corrected chi connectivity index (χ1v) is 12.5. The van der Waals surface area contributed by atoms with E-state index in [2.05, 4.69) is 22.2 Å². The summed E-state index contributed by atoms with van der Waals surface area (Å²) in [5.74, 6) is -0.359. The summed E-state index contributed by atoms with van der Waals surface area (Å²) in [7, 11) is -3.78. The largest absolute Gasteiger partial charge is 0.381 e. The van der Waals surface area contributed by atoms with Crippen LogP contribution in [0.1, 0.15) is 28.8 Å². The Kier molecular flexibility index (Phi) is 7.02. The number of ether oxygens (including phenoxy) is 1. The maximum absolute atomic E-state index is 13.1. The van der Waals surface area contributed by atoms with Crippen molar-refractivity contribution in [2.24, 2.45) is 0 Å². The number of sulfonamides is 1. The second-order valence-electron chi connectivity index (χ2n) is 8.05. The van der Waals surface area contributed by atoms with Crippen molar-refractivity contribution in [1.29, 1.82) is 0 Å². The maximum Gasteiger partial charge on any atom is 0.261 e. The molecule has 172 valence electrons. The third-order valence-electron chi connectivity index (χ3n) is 5.94. The summed E-state index contributed by atoms with van der Waals surface area (Å²) >= 11 is 6.29. The Bertz CT molecular complexity index is 1210. The van der Waals surface area contributed by atoms with Crippen molar-refractivity contribution in [2.75, 3.05) is 24.5 Å². The third kappa shape index (κ3) is 5.38. The first-order valence-electron chi connectivity index (χ1n) is 10.7. The van der Waals surface area contributed by atoms with Crippen LogP contribution in [0.3, 0.4) is 0 Å². The summed E-state index contributed by atoms with van der Waals surface area (Å²) in [5.41, 5.74) is 1.40. The average Bonchev–Trinajstić information content (AvgIpc) is 2.85. The molecule has 1 amide bonds. The van der Waals surface area contributed by atoms with E-state index in [0.29, 0.717) is 19.8 Å². The second kappa shape index (κ2) is 9.95. The van der Waals surface area contributed by atoms with Gasteiger partial charge in [0.25, 0.3) is 15.9 Å². The molecule has 6 nitrogen and oxygen atoms in total. The number of rotatable bonds is 7. The van der Waals surface area contributed by atoms with Crippen molar-refractivity contribution in [3.05, 3.63) is 95.0 Å². The van der Waals surface area contributed by atoms with E-state index in [-0.39, 0.29) is 32.5 Å². The molecule has 1 aliphatic heterocycles. The number of nitrogens with one attached hydrogen (secondary N) is 2. The summed E-state index contributed by atoms with van der Waals surface area (Å²) in [6.45, 7) is 1.68. The lowest BCUT2D eigenvalue weighted by Crippen LogP contribution is -2.44. The summed E-state index contributed by atoms with van der Waals surface area (Å²) in [5, 5.41) is 3.26. The third-order valence-corrected chi connectivity index (χ3v) is 7.67. The van der Waals surface area contributed by atoms with E-state index in [1.165, 1.54) is 30.3 Å². The Morgan fingerprint density at radius 1 is 0.939 bits per heavy atom. The highest BCUT2D eigenvalue weighted by Gasteiger charge is 2.35. The van der Waals surface area contributed by atoms with Gasteiger partial charge < -0.3 is 10.1 Å². The van der Waals surface area contributed by atoms with E-state index in [4.69, 9.17) is 16.3 Å². The zero-order chi connectivity index (χ0) is 23.3. The predicted octanol–water partition coefficient (Wildman–Crippen LogP) is 4.62. The molecule has 0 saturated carbocycles. The molecule has 1 aliphatic rings. The molecular formula is C25H25ClN2O4S. The molecular weight excluding hydrogens is 460 g/mol. The summed E-state index contributed by atoms with van der Waals surface area (Å²) in [4.78, 5) is 13.2. The maximum atomic E-state index is 13.1. The molecule has 2 N–H and O–H groups in total. The first-order chi connectivity index (χ1) is 15.9. The molecule has 0 spiro atoms. The van der Waals surface area contributed by atoms with E-state index >= 15 is 0 Å². The molecule has 0 atom stereocenters. The van der Waals surface area contributed by atoms with Crippen LogP contribution in [-0.4, -0.2) is 34.1 Å². The molecule has 8 heteroatoms. The number of carbonyl (C=O) groups excluding carboxylic acids is 1. The monoisotopic (exact) mass is 484 g/mol. The van der Waals surface area contributed by atoms with Crippen molar-refractivity contribution in [1.82, 2.24) is 5.32 Å². The van der Waals surface area contributed by atoms with E-state index in [0.717, 1.165) is 18.4 Å². The molecule has 0 bridgehead atoms. The number of hydrogen-bond acceptors (Lipinski definition) is 4. The lowest BCUT2D eigenvalue weighted by atomic mass is 9.74. The number of carbonyl (C=O) groups is 1. The molecule has 0 unspecified atom stereocenters. The van der Waals surface area contributed by atoms with Crippen LogP contribution in [0.5, 0.6) is 0 Å². The Hall–Kier alpha value is -2.87. The highest BCUT2D eigenvalue weighted by molar-refractivity contribution is 7.92. The van der Waals surface area contributed by atoms with Crippen LogP contribution in [0.15, 0.2) is 83.8 Å². The molecule has 0 aromatic heterocycles. The standard InChI is InChI=1S/C25H25ClN2O4S/c26-23-12-11-20(28-33(30,31)21-9-5-2-6-10-21)17-22(23)24(29)27-18-25(13-15-32-16-14-25)19-7-3-1-4-8-19/h1-12,17,28H,13-16,18H2,(H,27,29). The lowest BCUT2D eigenvalue weighted by molar-refractivity contribution is 0.0487. The van der Waals surface area contributed by atoms with Crippen molar-refractivity contribution in [3.8, 4) is 0 Å². The summed E-state index contributed by atoms with van der Waals surface area (Å²) < 4.78 is 33.4. The Morgan fingerprint density at radius 2 is 1.58 bits per heavy atom. The Morgan fingerprint density at radius 3 is 2.24 bits per heavy atom. The topological polar surface area (TPSA) is 84.5 Å². The zero-order valence-corrected chi connectivity index (χ0v) is 19.5. The number of benzene rings is 3. The van der Waals surface area contributed by atoms with Gasteiger partial charge in [-0.3, -0.25) is 9.52 Å². The van der Waals surface area contributed by atoms with Crippen molar-refractivity contribution in [2.45, 2.75) is 23.2 Å².